The lowest BCUT2D eigenvalue weighted by atomic mass is 9.87. The Labute approximate surface area is 66.7 Å². The van der Waals surface area contributed by atoms with Gasteiger partial charge in [0.1, 0.15) is 0 Å². The third-order valence-corrected chi connectivity index (χ3v) is 2.31. The molecule has 1 rings (SSSR count). The zero-order chi connectivity index (χ0) is 8.10. The van der Waals surface area contributed by atoms with Gasteiger partial charge in [-0.3, -0.25) is 4.79 Å². The number of hydrogen-bond donors (Lipinski definition) is 1. The van der Waals surface area contributed by atoms with E-state index in [-0.39, 0.29) is 5.91 Å². The SMILES string of the molecule is O=C(CC1CCCCC1)N[O-]. The molecular weight excluding hydrogens is 142 g/mol. The van der Waals surface area contributed by atoms with Crippen LogP contribution in [0.2, 0.25) is 0 Å². The molecule has 0 atom stereocenters. The molecule has 1 fully saturated rings. The summed E-state index contributed by atoms with van der Waals surface area (Å²) >= 11 is 0. The van der Waals surface area contributed by atoms with Crippen LogP contribution in [0.4, 0.5) is 0 Å². The monoisotopic (exact) mass is 156 g/mol. The largest absolute Gasteiger partial charge is 0.759 e. The van der Waals surface area contributed by atoms with Crippen LogP contribution in [0.1, 0.15) is 38.5 Å². The lowest BCUT2D eigenvalue weighted by Gasteiger charge is -2.21. The molecule has 3 heteroatoms. The molecule has 1 N–H and O–H groups in total. The van der Waals surface area contributed by atoms with Gasteiger partial charge in [0.05, 0.1) is 0 Å². The topological polar surface area (TPSA) is 52.2 Å². The van der Waals surface area contributed by atoms with Crippen LogP contribution in [0, 0.1) is 11.1 Å². The summed E-state index contributed by atoms with van der Waals surface area (Å²) in [5.74, 6) is 0.120. The summed E-state index contributed by atoms with van der Waals surface area (Å²) in [5, 5.41) is 9.90. The minimum Gasteiger partial charge on any atom is -0.759 e. The average Bonchev–Trinajstić information content (AvgIpc) is 2.06. The van der Waals surface area contributed by atoms with Crippen molar-refractivity contribution in [2.45, 2.75) is 38.5 Å². The minimum absolute atomic E-state index is 0.350. The molecule has 64 valence electrons. The number of amides is 1. The third kappa shape index (κ3) is 2.89. The molecule has 11 heavy (non-hydrogen) atoms. The smallest absolute Gasteiger partial charge is 0.209 e. The van der Waals surface area contributed by atoms with E-state index in [1.165, 1.54) is 24.7 Å². The van der Waals surface area contributed by atoms with E-state index in [4.69, 9.17) is 0 Å². The maximum absolute atomic E-state index is 10.7. The highest BCUT2D eigenvalue weighted by Crippen LogP contribution is 2.25. The minimum atomic E-state index is -0.350. The van der Waals surface area contributed by atoms with Crippen LogP contribution in [-0.4, -0.2) is 5.91 Å². The van der Waals surface area contributed by atoms with Crippen molar-refractivity contribution in [3.63, 3.8) is 0 Å². The molecular formula is C8H14NO2-. The number of carbonyl (C=O) groups is 1. The first-order valence-corrected chi connectivity index (χ1v) is 4.24. The summed E-state index contributed by atoms with van der Waals surface area (Å²) in [7, 11) is 0. The van der Waals surface area contributed by atoms with Gasteiger partial charge in [-0.2, -0.15) is 0 Å². The molecule has 1 amide bonds. The van der Waals surface area contributed by atoms with E-state index in [0.29, 0.717) is 12.3 Å². The first-order valence-electron chi connectivity index (χ1n) is 4.24. The van der Waals surface area contributed by atoms with Crippen molar-refractivity contribution in [1.29, 1.82) is 0 Å². The van der Waals surface area contributed by atoms with Crippen molar-refractivity contribution >= 4 is 5.91 Å². The van der Waals surface area contributed by atoms with Crippen molar-refractivity contribution < 1.29 is 4.79 Å². The van der Waals surface area contributed by atoms with E-state index < -0.39 is 0 Å². The summed E-state index contributed by atoms with van der Waals surface area (Å²) < 4.78 is 0. The molecule has 1 aliphatic carbocycles. The zero-order valence-corrected chi connectivity index (χ0v) is 6.64. The molecule has 0 saturated heterocycles. The van der Waals surface area contributed by atoms with Gasteiger partial charge in [0.25, 0.3) is 0 Å². The van der Waals surface area contributed by atoms with Gasteiger partial charge in [0, 0.05) is 6.42 Å². The zero-order valence-electron chi connectivity index (χ0n) is 6.64. The lowest BCUT2D eigenvalue weighted by molar-refractivity contribution is -0.121. The molecule has 1 aliphatic rings. The van der Waals surface area contributed by atoms with E-state index in [9.17, 15) is 10.0 Å². The Balaban J connectivity index is 2.19. The van der Waals surface area contributed by atoms with Crippen LogP contribution in [0.15, 0.2) is 0 Å². The van der Waals surface area contributed by atoms with Crippen molar-refractivity contribution in [3.8, 4) is 0 Å². The van der Waals surface area contributed by atoms with Gasteiger partial charge in [-0.15, -0.1) is 0 Å². The Hall–Kier alpha value is -0.570. The summed E-state index contributed by atoms with van der Waals surface area (Å²) in [6, 6.07) is 0. The molecule has 0 unspecified atom stereocenters. The van der Waals surface area contributed by atoms with Gasteiger partial charge < -0.3 is 10.7 Å². The predicted molar refractivity (Wildman–Crippen MR) is 42.7 cm³/mol. The van der Waals surface area contributed by atoms with Crippen LogP contribution in [0.25, 0.3) is 0 Å². The number of hydrogen-bond acceptors (Lipinski definition) is 2. The fourth-order valence-electron chi connectivity index (χ4n) is 1.70. The number of rotatable bonds is 2. The number of nitrogens with one attached hydrogen (secondary N) is 1. The number of hydroxylamine groups is 1. The molecule has 0 aliphatic heterocycles. The van der Waals surface area contributed by atoms with Crippen molar-refractivity contribution in [2.75, 3.05) is 0 Å². The third-order valence-electron chi connectivity index (χ3n) is 2.31. The summed E-state index contributed by atoms with van der Waals surface area (Å²) in [4.78, 5) is 10.7. The van der Waals surface area contributed by atoms with Gasteiger partial charge in [-0.1, -0.05) is 19.3 Å². The van der Waals surface area contributed by atoms with Crippen LogP contribution in [-0.2, 0) is 4.79 Å². The standard InChI is InChI=1S/C8H14NO2/c10-8(9-11)6-7-4-2-1-3-5-7/h7H,1-6H2,(H-,9,10,11)/q-1. The summed E-state index contributed by atoms with van der Waals surface area (Å²) in [6.07, 6.45) is 6.40. The van der Waals surface area contributed by atoms with Gasteiger partial charge in [-0.05, 0) is 18.8 Å². The highest BCUT2D eigenvalue weighted by Gasteiger charge is 2.15. The fourth-order valence-corrected chi connectivity index (χ4v) is 1.70. The maximum Gasteiger partial charge on any atom is 0.209 e. The van der Waals surface area contributed by atoms with E-state index in [1.807, 2.05) is 0 Å². The number of carbonyl (C=O) groups excluding carboxylic acids is 1. The molecule has 0 aromatic carbocycles. The second-order valence-electron chi connectivity index (χ2n) is 3.23. The predicted octanol–water partition coefficient (Wildman–Crippen LogP) is 1.57. The molecule has 0 bridgehead atoms. The van der Waals surface area contributed by atoms with Crippen LogP contribution >= 0.6 is 0 Å². The van der Waals surface area contributed by atoms with E-state index >= 15 is 0 Å². The molecule has 0 spiro atoms. The second kappa shape index (κ2) is 4.34. The van der Waals surface area contributed by atoms with Crippen molar-refractivity contribution in [2.24, 2.45) is 5.92 Å². The lowest BCUT2D eigenvalue weighted by Crippen LogP contribution is -2.20. The first-order chi connectivity index (χ1) is 5.33. The fraction of sp³-hybridized carbons (Fsp3) is 0.875. The van der Waals surface area contributed by atoms with Crippen molar-refractivity contribution in [3.05, 3.63) is 5.21 Å². The Morgan fingerprint density at radius 2 is 2.00 bits per heavy atom. The van der Waals surface area contributed by atoms with Gasteiger partial charge in [-0.25, -0.2) is 0 Å². The van der Waals surface area contributed by atoms with Gasteiger partial charge in [0.15, 0.2) is 0 Å². The van der Waals surface area contributed by atoms with Crippen LogP contribution in [0.5, 0.6) is 0 Å². The second-order valence-corrected chi connectivity index (χ2v) is 3.23. The Kier molecular flexibility index (Phi) is 3.36. The van der Waals surface area contributed by atoms with Crippen LogP contribution < -0.4 is 5.48 Å². The van der Waals surface area contributed by atoms with Crippen LogP contribution in [0.3, 0.4) is 0 Å². The van der Waals surface area contributed by atoms with E-state index in [1.54, 1.807) is 0 Å². The Morgan fingerprint density at radius 3 is 2.55 bits per heavy atom. The Morgan fingerprint density at radius 1 is 1.36 bits per heavy atom. The highest BCUT2D eigenvalue weighted by atomic mass is 16.5. The normalized spacial score (nSPS) is 19.7. The van der Waals surface area contributed by atoms with Gasteiger partial charge >= 0.3 is 0 Å². The van der Waals surface area contributed by atoms with E-state index in [2.05, 4.69) is 0 Å². The first kappa shape index (κ1) is 8.53. The summed E-state index contributed by atoms with van der Waals surface area (Å²) in [6.45, 7) is 0. The molecule has 0 heterocycles. The highest BCUT2D eigenvalue weighted by molar-refractivity contribution is 5.76. The van der Waals surface area contributed by atoms with E-state index in [0.717, 1.165) is 12.8 Å². The molecule has 0 aromatic heterocycles. The maximum atomic E-state index is 10.7. The molecule has 3 nitrogen and oxygen atoms in total. The van der Waals surface area contributed by atoms with Crippen molar-refractivity contribution in [1.82, 2.24) is 5.48 Å². The molecule has 0 radical (unpaired) electrons. The molecule has 0 aromatic rings. The average molecular weight is 156 g/mol. The van der Waals surface area contributed by atoms with Gasteiger partial charge in [0.2, 0.25) is 5.91 Å². The molecule has 1 saturated carbocycles. The quantitative estimate of drug-likeness (QED) is 0.617. The summed E-state index contributed by atoms with van der Waals surface area (Å²) in [5.41, 5.74) is 1.42. The Bertz CT molecular complexity index is 130.